The molecule has 0 spiro atoms. The SMILES string of the molecule is C=Cn1cccc1-c1ccc(C)o1. The Kier molecular flexibility index (Phi) is 1.81. The molecule has 13 heavy (non-hydrogen) atoms. The molecule has 0 N–H and O–H groups in total. The maximum absolute atomic E-state index is 5.50. The molecule has 0 aliphatic rings. The summed E-state index contributed by atoms with van der Waals surface area (Å²) in [7, 11) is 0. The van der Waals surface area contributed by atoms with Gasteiger partial charge in [-0.3, -0.25) is 0 Å². The van der Waals surface area contributed by atoms with E-state index in [-0.39, 0.29) is 0 Å². The van der Waals surface area contributed by atoms with Crippen LogP contribution in [0.15, 0.2) is 41.5 Å². The maximum atomic E-state index is 5.50. The van der Waals surface area contributed by atoms with E-state index in [9.17, 15) is 0 Å². The normalized spacial score (nSPS) is 10.2. The van der Waals surface area contributed by atoms with Gasteiger partial charge in [0.15, 0.2) is 5.76 Å². The molecular formula is C11H11NO. The molecule has 0 saturated heterocycles. The number of hydrogen-bond acceptors (Lipinski definition) is 1. The third-order valence-corrected chi connectivity index (χ3v) is 1.97. The molecule has 0 bridgehead atoms. The van der Waals surface area contributed by atoms with Crippen molar-refractivity contribution in [3.63, 3.8) is 0 Å². The zero-order chi connectivity index (χ0) is 9.26. The van der Waals surface area contributed by atoms with Crippen molar-refractivity contribution in [2.75, 3.05) is 0 Å². The third-order valence-electron chi connectivity index (χ3n) is 1.97. The minimum absolute atomic E-state index is 0.877. The summed E-state index contributed by atoms with van der Waals surface area (Å²) in [5, 5.41) is 0. The van der Waals surface area contributed by atoms with Crippen LogP contribution in [0.3, 0.4) is 0 Å². The summed E-state index contributed by atoms with van der Waals surface area (Å²) in [6, 6.07) is 7.88. The van der Waals surface area contributed by atoms with E-state index in [1.807, 2.05) is 42.0 Å². The summed E-state index contributed by atoms with van der Waals surface area (Å²) in [4.78, 5) is 0. The van der Waals surface area contributed by atoms with Crippen LogP contribution < -0.4 is 0 Å². The molecule has 0 aliphatic carbocycles. The van der Waals surface area contributed by atoms with E-state index in [1.165, 1.54) is 0 Å². The van der Waals surface area contributed by atoms with Gasteiger partial charge in [0.05, 0.1) is 5.69 Å². The standard InChI is InChI=1S/C11H11NO/c1-3-12-8-4-5-10(12)11-7-6-9(2)13-11/h3-8H,1H2,2H3. The molecule has 2 nitrogen and oxygen atoms in total. The summed E-state index contributed by atoms with van der Waals surface area (Å²) in [6.45, 7) is 5.65. The molecule has 0 aromatic carbocycles. The van der Waals surface area contributed by atoms with Crippen molar-refractivity contribution in [3.8, 4) is 11.5 Å². The van der Waals surface area contributed by atoms with E-state index in [0.29, 0.717) is 0 Å². The minimum Gasteiger partial charge on any atom is -0.460 e. The van der Waals surface area contributed by atoms with E-state index >= 15 is 0 Å². The van der Waals surface area contributed by atoms with Crippen LogP contribution in [0.2, 0.25) is 0 Å². The average Bonchev–Trinajstić information content (AvgIpc) is 2.71. The molecule has 2 heterocycles. The summed E-state index contributed by atoms with van der Waals surface area (Å²) in [5.74, 6) is 1.80. The van der Waals surface area contributed by atoms with Gasteiger partial charge in [-0.2, -0.15) is 0 Å². The Balaban J connectivity index is 2.51. The molecule has 0 radical (unpaired) electrons. The lowest BCUT2D eigenvalue weighted by Gasteiger charge is -1.98. The van der Waals surface area contributed by atoms with Gasteiger partial charge in [-0.25, -0.2) is 0 Å². The Morgan fingerprint density at radius 3 is 2.85 bits per heavy atom. The first-order chi connectivity index (χ1) is 6.31. The van der Waals surface area contributed by atoms with E-state index in [4.69, 9.17) is 4.42 Å². The van der Waals surface area contributed by atoms with E-state index < -0.39 is 0 Å². The molecular weight excluding hydrogens is 162 g/mol. The largest absolute Gasteiger partial charge is 0.460 e. The van der Waals surface area contributed by atoms with Gasteiger partial charge in [-0.15, -0.1) is 0 Å². The minimum atomic E-state index is 0.877. The predicted octanol–water partition coefficient (Wildman–Crippen LogP) is 3.16. The van der Waals surface area contributed by atoms with Gasteiger partial charge in [-0.05, 0) is 31.2 Å². The highest BCUT2D eigenvalue weighted by Crippen LogP contribution is 2.22. The van der Waals surface area contributed by atoms with Crippen molar-refractivity contribution in [2.24, 2.45) is 0 Å². The molecule has 0 fully saturated rings. The topological polar surface area (TPSA) is 18.1 Å². The Bertz CT molecular complexity index is 423. The summed E-state index contributed by atoms with van der Waals surface area (Å²) < 4.78 is 7.43. The van der Waals surface area contributed by atoms with Gasteiger partial charge in [-0.1, -0.05) is 6.58 Å². The molecule has 2 heteroatoms. The van der Waals surface area contributed by atoms with E-state index in [2.05, 4.69) is 6.58 Å². The maximum Gasteiger partial charge on any atom is 0.150 e. The zero-order valence-corrected chi connectivity index (χ0v) is 7.53. The van der Waals surface area contributed by atoms with Crippen LogP contribution in [0, 0.1) is 6.92 Å². The fraction of sp³-hybridized carbons (Fsp3) is 0.0909. The lowest BCUT2D eigenvalue weighted by Crippen LogP contribution is -1.84. The van der Waals surface area contributed by atoms with E-state index in [0.717, 1.165) is 17.2 Å². The van der Waals surface area contributed by atoms with Crippen molar-refractivity contribution in [1.82, 2.24) is 4.57 Å². The molecule has 0 amide bonds. The molecule has 2 aromatic heterocycles. The first-order valence-electron chi connectivity index (χ1n) is 4.17. The molecule has 2 aromatic rings. The number of rotatable bonds is 2. The van der Waals surface area contributed by atoms with Gasteiger partial charge in [0.1, 0.15) is 5.76 Å². The quantitative estimate of drug-likeness (QED) is 0.682. The second kappa shape index (κ2) is 2.98. The second-order valence-corrected chi connectivity index (χ2v) is 2.89. The summed E-state index contributed by atoms with van der Waals surface area (Å²) in [5.41, 5.74) is 1.03. The van der Waals surface area contributed by atoms with Gasteiger partial charge < -0.3 is 8.98 Å². The van der Waals surface area contributed by atoms with Crippen LogP contribution in [0.5, 0.6) is 0 Å². The van der Waals surface area contributed by atoms with Gasteiger partial charge >= 0.3 is 0 Å². The fourth-order valence-corrected chi connectivity index (χ4v) is 1.33. The van der Waals surface area contributed by atoms with Crippen molar-refractivity contribution < 1.29 is 4.42 Å². The van der Waals surface area contributed by atoms with Gasteiger partial charge in [0.25, 0.3) is 0 Å². The lowest BCUT2D eigenvalue weighted by molar-refractivity contribution is 0.545. The van der Waals surface area contributed by atoms with Crippen LogP contribution in [0.1, 0.15) is 5.76 Å². The Morgan fingerprint density at radius 1 is 1.38 bits per heavy atom. The first kappa shape index (κ1) is 7.92. The Labute approximate surface area is 77.1 Å². The Hall–Kier alpha value is -1.70. The molecule has 0 atom stereocenters. The van der Waals surface area contributed by atoms with Crippen LogP contribution in [0.4, 0.5) is 0 Å². The number of aryl methyl sites for hydroxylation is 1. The van der Waals surface area contributed by atoms with Crippen molar-refractivity contribution in [1.29, 1.82) is 0 Å². The third kappa shape index (κ3) is 1.31. The van der Waals surface area contributed by atoms with Crippen molar-refractivity contribution >= 4 is 6.20 Å². The number of aromatic nitrogens is 1. The molecule has 66 valence electrons. The Morgan fingerprint density at radius 2 is 2.23 bits per heavy atom. The van der Waals surface area contributed by atoms with Gasteiger partial charge in [0.2, 0.25) is 0 Å². The molecule has 0 unspecified atom stereocenters. The van der Waals surface area contributed by atoms with Crippen LogP contribution in [-0.4, -0.2) is 4.57 Å². The van der Waals surface area contributed by atoms with E-state index in [1.54, 1.807) is 6.20 Å². The highest BCUT2D eigenvalue weighted by Gasteiger charge is 2.04. The highest BCUT2D eigenvalue weighted by atomic mass is 16.3. The fourth-order valence-electron chi connectivity index (χ4n) is 1.33. The lowest BCUT2D eigenvalue weighted by atomic mass is 10.3. The van der Waals surface area contributed by atoms with Crippen molar-refractivity contribution in [3.05, 3.63) is 42.8 Å². The van der Waals surface area contributed by atoms with Crippen LogP contribution >= 0.6 is 0 Å². The average molecular weight is 173 g/mol. The predicted molar refractivity (Wildman–Crippen MR) is 53.3 cm³/mol. The first-order valence-corrected chi connectivity index (χ1v) is 4.17. The summed E-state index contributed by atoms with van der Waals surface area (Å²) in [6.07, 6.45) is 3.70. The second-order valence-electron chi connectivity index (χ2n) is 2.89. The number of nitrogens with zero attached hydrogens (tertiary/aromatic N) is 1. The highest BCUT2D eigenvalue weighted by molar-refractivity contribution is 5.56. The number of hydrogen-bond donors (Lipinski definition) is 0. The van der Waals surface area contributed by atoms with Crippen LogP contribution in [0.25, 0.3) is 17.7 Å². The zero-order valence-electron chi connectivity index (χ0n) is 7.53. The summed E-state index contributed by atoms with van der Waals surface area (Å²) >= 11 is 0. The van der Waals surface area contributed by atoms with Crippen molar-refractivity contribution in [2.45, 2.75) is 6.92 Å². The monoisotopic (exact) mass is 173 g/mol. The number of furan rings is 1. The smallest absolute Gasteiger partial charge is 0.150 e. The van der Waals surface area contributed by atoms with Crippen LogP contribution in [-0.2, 0) is 0 Å². The molecule has 0 saturated carbocycles. The molecule has 0 aliphatic heterocycles. The molecule has 2 rings (SSSR count). The van der Waals surface area contributed by atoms with Gasteiger partial charge in [0, 0.05) is 12.4 Å².